The molecule has 16 heavy (non-hydrogen) atoms. The van der Waals surface area contributed by atoms with E-state index in [-0.39, 0.29) is 5.75 Å². The highest BCUT2D eigenvalue weighted by atomic mass is 79.9. The van der Waals surface area contributed by atoms with Gasteiger partial charge < -0.3 is 4.74 Å². The molecule has 0 radical (unpaired) electrons. The molecule has 0 saturated carbocycles. The molecule has 0 heterocycles. The van der Waals surface area contributed by atoms with Gasteiger partial charge in [-0.25, -0.2) is 8.78 Å². The zero-order valence-electron chi connectivity index (χ0n) is 9.18. The summed E-state index contributed by atoms with van der Waals surface area (Å²) in [6.45, 7) is 2.48. The zero-order chi connectivity index (χ0) is 12.0. The minimum absolute atomic E-state index is 0.0120. The van der Waals surface area contributed by atoms with Gasteiger partial charge in [0.1, 0.15) is 5.82 Å². The maximum absolute atomic E-state index is 13.2. The van der Waals surface area contributed by atoms with E-state index >= 15 is 0 Å². The average Bonchev–Trinajstić information content (AvgIpc) is 2.28. The van der Waals surface area contributed by atoms with E-state index in [0.29, 0.717) is 12.5 Å². The Hall–Kier alpha value is -0.640. The summed E-state index contributed by atoms with van der Waals surface area (Å²) in [6.07, 6.45) is 2.05. The summed E-state index contributed by atoms with van der Waals surface area (Å²) < 4.78 is 31.3. The van der Waals surface area contributed by atoms with Crippen LogP contribution in [0.15, 0.2) is 18.2 Å². The predicted octanol–water partition coefficient (Wildman–Crippen LogP) is 4.15. The molecule has 4 heteroatoms. The van der Waals surface area contributed by atoms with Gasteiger partial charge in [-0.15, -0.1) is 0 Å². The van der Waals surface area contributed by atoms with Crippen LogP contribution >= 0.6 is 15.9 Å². The van der Waals surface area contributed by atoms with Crippen molar-refractivity contribution < 1.29 is 13.5 Å². The Labute approximate surface area is 103 Å². The summed E-state index contributed by atoms with van der Waals surface area (Å²) in [5, 5.41) is 0.803. The van der Waals surface area contributed by atoms with Gasteiger partial charge in [0.05, 0.1) is 6.61 Å². The van der Waals surface area contributed by atoms with Gasteiger partial charge in [0.25, 0.3) is 0 Å². The Morgan fingerprint density at radius 2 is 2.12 bits per heavy atom. The number of rotatable bonds is 6. The van der Waals surface area contributed by atoms with Crippen molar-refractivity contribution in [3.8, 4) is 5.75 Å². The standard InChI is InChI=1S/C12H15BrF2O/c1-2-3-9(7-13)8-16-12-6-10(14)4-5-11(12)15/h4-6,9H,2-3,7-8H2,1H3. The molecule has 1 nitrogen and oxygen atoms in total. The molecule has 1 unspecified atom stereocenters. The lowest BCUT2D eigenvalue weighted by Crippen LogP contribution is -2.13. The molecular weight excluding hydrogens is 278 g/mol. The highest BCUT2D eigenvalue weighted by Gasteiger charge is 2.10. The third-order valence-corrected chi connectivity index (χ3v) is 3.20. The van der Waals surface area contributed by atoms with Gasteiger partial charge in [0.2, 0.25) is 0 Å². The van der Waals surface area contributed by atoms with Crippen LogP contribution in [0.1, 0.15) is 19.8 Å². The van der Waals surface area contributed by atoms with Crippen molar-refractivity contribution in [1.82, 2.24) is 0 Å². The van der Waals surface area contributed by atoms with Gasteiger partial charge in [-0.3, -0.25) is 0 Å². The maximum atomic E-state index is 13.2. The lowest BCUT2D eigenvalue weighted by atomic mass is 10.1. The van der Waals surface area contributed by atoms with E-state index < -0.39 is 11.6 Å². The van der Waals surface area contributed by atoms with Crippen LogP contribution in [0.3, 0.4) is 0 Å². The molecule has 90 valence electrons. The molecule has 0 spiro atoms. The molecule has 0 saturated heterocycles. The maximum Gasteiger partial charge on any atom is 0.165 e. The molecule has 0 aliphatic heterocycles. The van der Waals surface area contributed by atoms with Crippen molar-refractivity contribution in [2.45, 2.75) is 19.8 Å². The number of halogens is 3. The first kappa shape index (κ1) is 13.4. The van der Waals surface area contributed by atoms with Crippen molar-refractivity contribution in [2.75, 3.05) is 11.9 Å². The van der Waals surface area contributed by atoms with E-state index in [9.17, 15) is 8.78 Å². The molecule has 0 bridgehead atoms. The largest absolute Gasteiger partial charge is 0.490 e. The zero-order valence-corrected chi connectivity index (χ0v) is 10.8. The smallest absolute Gasteiger partial charge is 0.165 e. The third kappa shape index (κ3) is 4.08. The van der Waals surface area contributed by atoms with Crippen molar-refractivity contribution in [3.63, 3.8) is 0 Å². The van der Waals surface area contributed by atoms with Gasteiger partial charge in [0.15, 0.2) is 11.6 Å². The summed E-state index contributed by atoms with van der Waals surface area (Å²) >= 11 is 3.38. The van der Waals surface area contributed by atoms with E-state index in [4.69, 9.17) is 4.74 Å². The van der Waals surface area contributed by atoms with Crippen LogP contribution in [0.2, 0.25) is 0 Å². The molecule has 0 aromatic heterocycles. The molecule has 0 aliphatic carbocycles. The van der Waals surface area contributed by atoms with Crippen molar-refractivity contribution in [3.05, 3.63) is 29.8 Å². The van der Waals surface area contributed by atoms with Crippen molar-refractivity contribution in [2.24, 2.45) is 5.92 Å². The average molecular weight is 293 g/mol. The Kier molecular flexibility index (Phi) is 5.74. The second kappa shape index (κ2) is 6.84. The monoisotopic (exact) mass is 292 g/mol. The number of benzene rings is 1. The minimum Gasteiger partial charge on any atom is -0.490 e. The molecule has 0 amide bonds. The lowest BCUT2D eigenvalue weighted by Gasteiger charge is -2.14. The van der Waals surface area contributed by atoms with Gasteiger partial charge >= 0.3 is 0 Å². The van der Waals surface area contributed by atoms with Crippen LogP contribution in [-0.2, 0) is 0 Å². The molecule has 1 atom stereocenters. The van der Waals surface area contributed by atoms with Crippen LogP contribution in [0.4, 0.5) is 8.78 Å². The highest BCUT2D eigenvalue weighted by Crippen LogP contribution is 2.20. The second-order valence-electron chi connectivity index (χ2n) is 3.69. The van der Waals surface area contributed by atoms with E-state index in [1.54, 1.807) is 0 Å². The normalized spacial score (nSPS) is 12.5. The fraction of sp³-hybridized carbons (Fsp3) is 0.500. The fourth-order valence-electron chi connectivity index (χ4n) is 1.41. The first-order valence-corrected chi connectivity index (χ1v) is 6.43. The van der Waals surface area contributed by atoms with Crippen molar-refractivity contribution in [1.29, 1.82) is 0 Å². The highest BCUT2D eigenvalue weighted by molar-refractivity contribution is 9.09. The number of hydrogen-bond donors (Lipinski definition) is 0. The molecule has 0 aliphatic rings. The molecular formula is C12H15BrF2O. The van der Waals surface area contributed by atoms with Gasteiger partial charge in [-0.1, -0.05) is 29.3 Å². The molecule has 1 rings (SSSR count). The summed E-state index contributed by atoms with van der Waals surface area (Å²) in [5.41, 5.74) is 0. The number of alkyl halides is 1. The second-order valence-corrected chi connectivity index (χ2v) is 4.34. The summed E-state index contributed by atoms with van der Waals surface area (Å²) in [5.74, 6) is -0.691. The number of hydrogen-bond acceptors (Lipinski definition) is 1. The Morgan fingerprint density at radius 3 is 2.75 bits per heavy atom. The SMILES string of the molecule is CCCC(CBr)COc1cc(F)ccc1F. The Morgan fingerprint density at radius 1 is 1.38 bits per heavy atom. The lowest BCUT2D eigenvalue weighted by molar-refractivity contribution is 0.244. The van der Waals surface area contributed by atoms with E-state index in [2.05, 4.69) is 22.9 Å². The van der Waals surface area contributed by atoms with Crippen LogP contribution in [-0.4, -0.2) is 11.9 Å². The quantitative estimate of drug-likeness (QED) is 0.716. The predicted molar refractivity (Wildman–Crippen MR) is 64.0 cm³/mol. The summed E-state index contributed by atoms with van der Waals surface area (Å²) in [7, 11) is 0. The Balaban J connectivity index is 2.55. The van der Waals surface area contributed by atoms with Crippen LogP contribution < -0.4 is 4.74 Å². The molecule has 1 aromatic carbocycles. The number of ether oxygens (including phenoxy) is 1. The van der Waals surface area contributed by atoms with Crippen LogP contribution in [0.5, 0.6) is 5.75 Å². The summed E-state index contributed by atoms with van der Waals surface area (Å²) in [6, 6.07) is 3.23. The fourth-order valence-corrected chi connectivity index (χ4v) is 1.92. The van der Waals surface area contributed by atoms with E-state index in [1.165, 1.54) is 0 Å². The van der Waals surface area contributed by atoms with Crippen LogP contribution in [0.25, 0.3) is 0 Å². The first-order valence-electron chi connectivity index (χ1n) is 5.31. The Bertz CT molecular complexity index is 331. The van der Waals surface area contributed by atoms with Gasteiger partial charge in [-0.05, 0) is 18.6 Å². The molecule has 0 fully saturated rings. The molecule has 0 N–H and O–H groups in total. The minimum atomic E-state index is -0.522. The van der Waals surface area contributed by atoms with E-state index in [0.717, 1.165) is 36.4 Å². The third-order valence-electron chi connectivity index (χ3n) is 2.28. The van der Waals surface area contributed by atoms with Gasteiger partial charge in [-0.2, -0.15) is 0 Å². The van der Waals surface area contributed by atoms with E-state index in [1.807, 2.05) is 0 Å². The first-order chi connectivity index (χ1) is 7.67. The van der Waals surface area contributed by atoms with Crippen LogP contribution in [0, 0.1) is 17.6 Å². The van der Waals surface area contributed by atoms with Crippen molar-refractivity contribution >= 4 is 15.9 Å². The van der Waals surface area contributed by atoms with Gasteiger partial charge in [0, 0.05) is 17.3 Å². The topological polar surface area (TPSA) is 9.23 Å². The molecule has 1 aromatic rings. The summed E-state index contributed by atoms with van der Waals surface area (Å²) in [4.78, 5) is 0.